The van der Waals surface area contributed by atoms with Crippen LogP contribution in [0, 0.1) is 0 Å². The van der Waals surface area contributed by atoms with E-state index in [0.717, 1.165) is 12.8 Å². The molecule has 0 N–H and O–H groups in total. The Morgan fingerprint density at radius 3 is 1.92 bits per heavy atom. The van der Waals surface area contributed by atoms with E-state index in [0.29, 0.717) is 0 Å². The summed E-state index contributed by atoms with van der Waals surface area (Å²) in [6.07, 6.45) is 6.79. The number of hydrogen-bond acceptors (Lipinski definition) is 0. The highest BCUT2D eigenvalue weighted by molar-refractivity contribution is 6.11. The lowest BCUT2D eigenvalue weighted by Gasteiger charge is -2.14. The van der Waals surface area contributed by atoms with Crippen molar-refractivity contribution in [3.63, 3.8) is 0 Å². The molecule has 11 rings (SSSR count). The van der Waals surface area contributed by atoms with Crippen molar-refractivity contribution in [2.45, 2.75) is 12.8 Å². The first-order valence-electron chi connectivity index (χ1n) is 18.2. The summed E-state index contributed by atoms with van der Waals surface area (Å²) in [6, 6.07) is 62.6. The molecule has 0 radical (unpaired) electrons. The minimum atomic E-state index is 1.06. The number of fused-ring (bicyclic) bond motifs is 9. The smallest absolute Gasteiger partial charge is 0.0543 e. The van der Waals surface area contributed by atoms with Gasteiger partial charge < -0.3 is 9.13 Å². The van der Waals surface area contributed by atoms with Gasteiger partial charge in [0.1, 0.15) is 0 Å². The van der Waals surface area contributed by atoms with Gasteiger partial charge in [-0.1, -0.05) is 127 Å². The van der Waals surface area contributed by atoms with Gasteiger partial charge in [-0.3, -0.25) is 0 Å². The number of benzene rings is 8. The maximum Gasteiger partial charge on any atom is 0.0543 e. The van der Waals surface area contributed by atoms with Crippen LogP contribution in [0.15, 0.2) is 176 Å². The van der Waals surface area contributed by atoms with Gasteiger partial charge in [-0.2, -0.15) is 0 Å². The molecule has 2 heteroatoms. The average Bonchev–Trinajstić information content (AvgIpc) is 3.73. The second-order valence-electron chi connectivity index (χ2n) is 14.1. The predicted octanol–water partition coefficient (Wildman–Crippen LogP) is 13.3. The molecule has 0 fully saturated rings. The van der Waals surface area contributed by atoms with Gasteiger partial charge in [0.15, 0.2) is 0 Å². The molecule has 2 nitrogen and oxygen atoms in total. The van der Waals surface area contributed by atoms with Crippen molar-refractivity contribution in [1.29, 1.82) is 0 Å². The van der Waals surface area contributed by atoms with Crippen molar-refractivity contribution in [3.05, 3.63) is 187 Å². The fourth-order valence-electron chi connectivity index (χ4n) is 8.70. The van der Waals surface area contributed by atoms with Gasteiger partial charge >= 0.3 is 0 Å². The number of aromatic nitrogens is 2. The highest BCUT2D eigenvalue weighted by Gasteiger charge is 2.20. The highest BCUT2D eigenvalue weighted by atomic mass is 15.0. The lowest BCUT2D eigenvalue weighted by Crippen LogP contribution is -2.00. The quantitative estimate of drug-likeness (QED) is 0.166. The average molecular weight is 663 g/mol. The Morgan fingerprint density at radius 2 is 1.02 bits per heavy atom. The van der Waals surface area contributed by atoms with E-state index in [1.165, 1.54) is 99.1 Å². The van der Waals surface area contributed by atoms with Crippen LogP contribution in [-0.4, -0.2) is 9.13 Å². The van der Waals surface area contributed by atoms with Crippen molar-refractivity contribution in [2.24, 2.45) is 0 Å². The van der Waals surface area contributed by atoms with Gasteiger partial charge in [0.25, 0.3) is 0 Å². The molecule has 2 heterocycles. The first-order chi connectivity index (χ1) is 25.8. The molecule has 0 unspecified atom stereocenters. The number of rotatable bonds is 4. The number of aryl methyl sites for hydroxylation is 1. The Morgan fingerprint density at radius 1 is 0.365 bits per heavy atom. The van der Waals surface area contributed by atoms with Gasteiger partial charge in [0.2, 0.25) is 0 Å². The van der Waals surface area contributed by atoms with E-state index in [2.05, 4.69) is 191 Å². The zero-order valence-electron chi connectivity index (χ0n) is 28.6. The summed E-state index contributed by atoms with van der Waals surface area (Å²) in [5.74, 6) is 0. The standard InChI is InChI=1S/C50H34N2/c1-2-10-33(11-3-1)34-20-24-39(25-21-34)51-48-17-9-7-15-44(48)46-31-36(23-29-49(46)51)37-22-27-45-43-14-6-8-16-47(43)52(50(45)32-37)40-26-28-42-38(30-40)19-18-35-12-4-5-13-41(35)42/h1-5,7-13,15-32H,6,14H2. The molecule has 52 heavy (non-hydrogen) atoms. The fraction of sp³-hybridized carbons (Fsp3) is 0.0400. The van der Waals surface area contributed by atoms with Crippen LogP contribution in [0.3, 0.4) is 0 Å². The SMILES string of the molecule is C1=Cc2c(c3ccc(-c4ccc5c(c4)c4ccccc4n5-c4ccc(-c5ccccc5)cc4)cc3n2-c2ccc3c(ccc4ccccc43)c2)CC1. The first-order valence-corrected chi connectivity index (χ1v) is 18.2. The summed E-state index contributed by atoms with van der Waals surface area (Å²) in [5, 5.41) is 9.01. The molecule has 0 saturated carbocycles. The van der Waals surface area contributed by atoms with Crippen molar-refractivity contribution in [2.75, 3.05) is 0 Å². The number of para-hydroxylation sites is 1. The molecular formula is C50H34N2. The number of hydrogen-bond donors (Lipinski definition) is 0. The third-order valence-electron chi connectivity index (χ3n) is 11.2. The molecule has 0 bridgehead atoms. The molecular weight excluding hydrogens is 629 g/mol. The van der Waals surface area contributed by atoms with E-state index in [4.69, 9.17) is 0 Å². The van der Waals surface area contributed by atoms with Gasteiger partial charge in [-0.15, -0.1) is 0 Å². The van der Waals surface area contributed by atoms with Crippen LogP contribution in [0.1, 0.15) is 17.7 Å². The molecule has 8 aromatic carbocycles. The molecule has 0 amide bonds. The lowest BCUT2D eigenvalue weighted by atomic mass is 9.98. The Hall–Kier alpha value is -6.64. The fourth-order valence-corrected chi connectivity index (χ4v) is 8.70. The van der Waals surface area contributed by atoms with Gasteiger partial charge in [0.05, 0.1) is 16.6 Å². The Balaban J connectivity index is 1.06. The zero-order valence-corrected chi connectivity index (χ0v) is 28.6. The summed E-state index contributed by atoms with van der Waals surface area (Å²) in [7, 11) is 0. The second-order valence-corrected chi connectivity index (χ2v) is 14.1. The van der Waals surface area contributed by atoms with Crippen LogP contribution in [0.2, 0.25) is 0 Å². The third-order valence-corrected chi connectivity index (χ3v) is 11.2. The minimum Gasteiger partial charge on any atom is -0.310 e. The molecule has 2 aromatic heterocycles. The van der Waals surface area contributed by atoms with Crippen LogP contribution in [0.5, 0.6) is 0 Å². The van der Waals surface area contributed by atoms with Crippen LogP contribution in [0.4, 0.5) is 0 Å². The van der Waals surface area contributed by atoms with E-state index in [9.17, 15) is 0 Å². The lowest BCUT2D eigenvalue weighted by molar-refractivity contribution is 0.968. The summed E-state index contributed by atoms with van der Waals surface area (Å²) >= 11 is 0. The predicted molar refractivity (Wildman–Crippen MR) is 221 cm³/mol. The monoisotopic (exact) mass is 662 g/mol. The number of allylic oxidation sites excluding steroid dienone is 1. The minimum absolute atomic E-state index is 1.06. The van der Waals surface area contributed by atoms with Crippen molar-refractivity contribution >= 4 is 60.3 Å². The summed E-state index contributed by atoms with van der Waals surface area (Å²) in [6.45, 7) is 0. The summed E-state index contributed by atoms with van der Waals surface area (Å²) in [5.41, 5.74) is 13.7. The topological polar surface area (TPSA) is 9.86 Å². The molecule has 244 valence electrons. The van der Waals surface area contributed by atoms with E-state index >= 15 is 0 Å². The van der Waals surface area contributed by atoms with E-state index < -0.39 is 0 Å². The van der Waals surface area contributed by atoms with Crippen molar-refractivity contribution in [1.82, 2.24) is 9.13 Å². The molecule has 1 aliphatic rings. The Kier molecular flexibility index (Phi) is 6.41. The van der Waals surface area contributed by atoms with Crippen molar-refractivity contribution < 1.29 is 0 Å². The van der Waals surface area contributed by atoms with E-state index in [1.54, 1.807) is 0 Å². The molecule has 0 spiro atoms. The molecule has 1 aliphatic carbocycles. The van der Waals surface area contributed by atoms with Gasteiger partial charge in [-0.25, -0.2) is 0 Å². The number of nitrogens with zero attached hydrogens (tertiary/aromatic N) is 2. The summed E-state index contributed by atoms with van der Waals surface area (Å²) < 4.78 is 4.89. The van der Waals surface area contributed by atoms with Crippen LogP contribution in [-0.2, 0) is 6.42 Å². The zero-order chi connectivity index (χ0) is 34.2. The van der Waals surface area contributed by atoms with Gasteiger partial charge in [-0.05, 0) is 117 Å². The normalized spacial score (nSPS) is 12.8. The van der Waals surface area contributed by atoms with Crippen LogP contribution < -0.4 is 0 Å². The molecule has 0 saturated heterocycles. The van der Waals surface area contributed by atoms with E-state index in [-0.39, 0.29) is 0 Å². The van der Waals surface area contributed by atoms with Crippen LogP contribution in [0.25, 0.3) is 94.0 Å². The maximum atomic E-state index is 2.49. The molecule has 0 aliphatic heterocycles. The highest BCUT2D eigenvalue weighted by Crippen LogP contribution is 2.40. The molecule has 10 aromatic rings. The third kappa shape index (κ3) is 4.44. The second kappa shape index (κ2) is 11.4. The Labute approximate surface area is 302 Å². The van der Waals surface area contributed by atoms with Crippen molar-refractivity contribution in [3.8, 4) is 33.6 Å². The van der Waals surface area contributed by atoms with E-state index in [1.807, 2.05) is 0 Å². The molecule has 0 atom stereocenters. The van der Waals surface area contributed by atoms with Crippen LogP contribution >= 0.6 is 0 Å². The van der Waals surface area contributed by atoms with Gasteiger partial charge in [0, 0.05) is 33.2 Å². The summed E-state index contributed by atoms with van der Waals surface area (Å²) in [4.78, 5) is 0. The first kappa shape index (κ1) is 29.1. The Bertz CT molecular complexity index is 3050. The largest absolute Gasteiger partial charge is 0.310 e. The maximum absolute atomic E-state index is 2.49.